The van der Waals surface area contributed by atoms with Crippen molar-refractivity contribution in [3.8, 4) is 11.5 Å². The van der Waals surface area contributed by atoms with Crippen molar-refractivity contribution in [2.45, 2.75) is 46.1 Å². The van der Waals surface area contributed by atoms with E-state index in [1.807, 2.05) is 49.4 Å². The lowest BCUT2D eigenvalue weighted by atomic mass is 9.96. The maximum absolute atomic E-state index is 11.7. The molecule has 0 saturated heterocycles. The number of Topliss-reactive ketones (excluding diaryl/α,β-unsaturated/α-hetero) is 1. The number of ether oxygens (including phenoxy) is 2. The van der Waals surface area contributed by atoms with E-state index in [0.29, 0.717) is 18.1 Å². The van der Waals surface area contributed by atoms with Crippen molar-refractivity contribution >= 4 is 29.8 Å². The van der Waals surface area contributed by atoms with Crippen molar-refractivity contribution in [2.24, 2.45) is 0 Å². The summed E-state index contributed by atoms with van der Waals surface area (Å²) in [6, 6.07) is 16.8. The number of ketones is 1. The number of carboxylic acid groups (broad SMARTS) is 3. The summed E-state index contributed by atoms with van der Waals surface area (Å²) in [6.45, 7) is 10.4. The van der Waals surface area contributed by atoms with Crippen molar-refractivity contribution in [1.29, 1.82) is 0 Å². The molecule has 5 N–H and O–H groups in total. The second-order valence-corrected chi connectivity index (χ2v) is 7.92. The van der Waals surface area contributed by atoms with E-state index < -0.39 is 36.4 Å². The zero-order chi connectivity index (χ0) is 29.8. The lowest BCUT2D eigenvalue weighted by Crippen LogP contribution is -2.42. The third-order valence-corrected chi connectivity index (χ3v) is 4.59. The van der Waals surface area contributed by atoms with Gasteiger partial charge in [0.1, 0.15) is 11.5 Å². The van der Waals surface area contributed by atoms with Gasteiger partial charge < -0.3 is 35.2 Å². The highest BCUT2D eigenvalue weighted by atomic mass is 16.5. The van der Waals surface area contributed by atoms with Crippen LogP contribution in [0.15, 0.2) is 60.4 Å². The molecule has 0 amide bonds. The van der Waals surface area contributed by atoms with Gasteiger partial charge in [0.15, 0.2) is 17.1 Å². The van der Waals surface area contributed by atoms with E-state index in [1.165, 1.54) is 6.92 Å². The van der Waals surface area contributed by atoms with Crippen LogP contribution >= 0.6 is 0 Å². The summed E-state index contributed by atoms with van der Waals surface area (Å²) in [6.07, 6.45) is -0.554. The summed E-state index contributed by atoms with van der Waals surface area (Å²) in [7, 11) is 0. The predicted octanol–water partition coefficient (Wildman–Crippen LogP) is 3.46. The molecule has 0 spiro atoms. The molecule has 0 aliphatic rings. The van der Waals surface area contributed by atoms with Gasteiger partial charge in [0, 0.05) is 6.92 Å². The van der Waals surface area contributed by atoms with Gasteiger partial charge in [0.2, 0.25) is 0 Å². The monoisotopic (exact) mass is 547 g/mol. The molecular formula is C28H37NO10. The Balaban J connectivity index is 0.000000685. The second-order valence-electron chi connectivity index (χ2n) is 7.92. The number of nitrogens with one attached hydrogen (secondary N) is 1. The van der Waals surface area contributed by atoms with Crippen LogP contribution in [-0.2, 0) is 19.2 Å². The quantitative estimate of drug-likeness (QED) is 0.183. The molecule has 2 aromatic carbocycles. The molecule has 2 aromatic rings. The van der Waals surface area contributed by atoms with Gasteiger partial charge in [-0.1, -0.05) is 44.2 Å². The summed E-state index contributed by atoms with van der Waals surface area (Å²) in [5.74, 6) is -3.44. The van der Waals surface area contributed by atoms with E-state index >= 15 is 0 Å². The van der Waals surface area contributed by atoms with Crippen LogP contribution in [0.4, 0.5) is 0 Å². The first-order chi connectivity index (χ1) is 18.4. The Kier molecular flexibility index (Phi) is 16.9. The maximum Gasteiger partial charge on any atom is 0.336 e. The highest BCUT2D eigenvalue weighted by molar-refractivity contribution is 5.96. The minimum absolute atomic E-state index is 0.118. The molecular weight excluding hydrogens is 510 g/mol. The summed E-state index contributed by atoms with van der Waals surface area (Å²) >= 11 is 0. The summed E-state index contributed by atoms with van der Waals surface area (Å²) in [5.41, 5.74) is -1.81. The minimum atomic E-state index is -2.74. The van der Waals surface area contributed by atoms with Crippen LogP contribution in [-0.4, -0.2) is 69.4 Å². The molecule has 0 bridgehead atoms. The molecule has 11 heteroatoms. The lowest BCUT2D eigenvalue weighted by Gasteiger charge is -2.18. The van der Waals surface area contributed by atoms with Gasteiger partial charge >= 0.3 is 17.9 Å². The number of rotatable bonds is 13. The zero-order valence-electron chi connectivity index (χ0n) is 22.5. The van der Waals surface area contributed by atoms with E-state index in [9.17, 15) is 19.2 Å². The number of aliphatic carboxylic acids is 3. The van der Waals surface area contributed by atoms with Gasteiger partial charge in [-0.2, -0.15) is 0 Å². The molecule has 0 unspecified atom stereocenters. The van der Waals surface area contributed by atoms with Crippen LogP contribution in [0.2, 0.25) is 0 Å². The maximum atomic E-state index is 11.7. The number of hydrogen-bond donors (Lipinski definition) is 5. The van der Waals surface area contributed by atoms with Crippen molar-refractivity contribution in [2.75, 3.05) is 19.7 Å². The molecule has 0 heterocycles. The molecule has 0 radical (unpaired) electrons. The Morgan fingerprint density at radius 2 is 1.31 bits per heavy atom. The average Bonchev–Trinajstić information content (AvgIpc) is 2.86. The van der Waals surface area contributed by atoms with Crippen molar-refractivity contribution in [3.63, 3.8) is 0 Å². The third kappa shape index (κ3) is 15.6. The van der Waals surface area contributed by atoms with Crippen LogP contribution in [0.5, 0.6) is 11.5 Å². The molecule has 0 fully saturated rings. The van der Waals surface area contributed by atoms with E-state index in [2.05, 4.69) is 19.2 Å². The van der Waals surface area contributed by atoms with Crippen LogP contribution in [0.25, 0.3) is 6.08 Å². The third-order valence-electron chi connectivity index (χ3n) is 4.59. The summed E-state index contributed by atoms with van der Waals surface area (Å²) < 4.78 is 11.0. The molecule has 0 atom stereocenters. The summed E-state index contributed by atoms with van der Waals surface area (Å²) in [4.78, 5) is 42.2. The normalized spacial score (nSPS) is 10.6. The first-order valence-electron chi connectivity index (χ1n) is 12.2. The molecule has 39 heavy (non-hydrogen) atoms. The lowest BCUT2D eigenvalue weighted by molar-refractivity contribution is -0.170. The van der Waals surface area contributed by atoms with Crippen LogP contribution in [0, 0.1) is 0 Å². The Hall–Kier alpha value is -4.22. The minimum Gasteiger partial charge on any atom is -0.494 e. The second kappa shape index (κ2) is 18.9. The SMILES string of the molecule is CCNCC.CCOc1ccc(OC(=Cc2ccccc2)C(C)=O)cc1.O=C(O)CC(O)(CC(=O)O)C(=O)O. The fourth-order valence-electron chi connectivity index (χ4n) is 2.77. The first-order valence-corrected chi connectivity index (χ1v) is 12.2. The van der Waals surface area contributed by atoms with Gasteiger partial charge in [0.25, 0.3) is 0 Å². The molecule has 2 rings (SSSR count). The van der Waals surface area contributed by atoms with Gasteiger partial charge in [-0.05, 0) is 55.9 Å². The molecule has 0 saturated carbocycles. The molecule has 0 aromatic heterocycles. The fourth-order valence-corrected chi connectivity index (χ4v) is 2.77. The standard InChI is InChI=1S/C18H18O3.C6H8O7.C4H11N/c1-3-20-16-9-11-17(12-10-16)21-18(14(2)19)13-15-7-5-4-6-8-15;7-3(8)1-6(13,5(11)12)2-4(9)10;1-3-5-4-2/h4-13H,3H2,1-2H3;13H,1-2H2,(H,7,8)(H,9,10)(H,11,12);5H,3-4H2,1-2H3. The molecule has 11 nitrogen and oxygen atoms in total. The highest BCUT2D eigenvalue weighted by Gasteiger charge is 2.40. The van der Waals surface area contributed by atoms with Crippen LogP contribution < -0.4 is 14.8 Å². The van der Waals surface area contributed by atoms with Crippen molar-refractivity contribution in [3.05, 3.63) is 65.9 Å². The van der Waals surface area contributed by atoms with E-state index in [0.717, 1.165) is 24.4 Å². The molecule has 214 valence electrons. The average molecular weight is 548 g/mol. The number of carbonyl (C=O) groups is 4. The Morgan fingerprint density at radius 3 is 1.67 bits per heavy atom. The van der Waals surface area contributed by atoms with Crippen LogP contribution in [0.1, 0.15) is 46.1 Å². The number of carboxylic acids is 3. The van der Waals surface area contributed by atoms with Crippen molar-refractivity contribution < 1.29 is 49.1 Å². The first kappa shape index (κ1) is 34.8. The number of carbonyl (C=O) groups excluding carboxylic acids is 1. The topological polar surface area (TPSA) is 180 Å². The van der Waals surface area contributed by atoms with E-state index in [1.54, 1.807) is 18.2 Å². The summed E-state index contributed by atoms with van der Waals surface area (Å²) in [5, 5.41) is 36.9. The van der Waals surface area contributed by atoms with Gasteiger partial charge in [-0.15, -0.1) is 0 Å². The molecule has 0 aliphatic heterocycles. The van der Waals surface area contributed by atoms with E-state index in [4.69, 9.17) is 29.9 Å². The largest absolute Gasteiger partial charge is 0.494 e. The number of benzene rings is 2. The molecule has 0 aliphatic carbocycles. The van der Waals surface area contributed by atoms with Gasteiger partial charge in [-0.25, -0.2) is 4.79 Å². The number of hydrogen-bond acceptors (Lipinski definition) is 8. The highest BCUT2D eigenvalue weighted by Crippen LogP contribution is 2.21. The van der Waals surface area contributed by atoms with Crippen LogP contribution in [0.3, 0.4) is 0 Å². The number of allylic oxidation sites excluding steroid dienone is 1. The fraction of sp³-hybridized carbons (Fsp3) is 0.357. The van der Waals surface area contributed by atoms with Gasteiger partial charge in [-0.3, -0.25) is 14.4 Å². The van der Waals surface area contributed by atoms with Gasteiger partial charge in [0.05, 0.1) is 19.4 Å². The van der Waals surface area contributed by atoms with Crippen molar-refractivity contribution in [1.82, 2.24) is 5.32 Å². The predicted molar refractivity (Wildman–Crippen MR) is 145 cm³/mol. The Morgan fingerprint density at radius 1 is 0.821 bits per heavy atom. The smallest absolute Gasteiger partial charge is 0.336 e. The zero-order valence-corrected chi connectivity index (χ0v) is 22.5. The Bertz CT molecular complexity index is 1050. The number of aliphatic hydroxyl groups is 1. The Labute approximate surface area is 227 Å². The van der Waals surface area contributed by atoms with E-state index in [-0.39, 0.29) is 5.78 Å².